The summed E-state index contributed by atoms with van der Waals surface area (Å²) < 4.78 is 2.15. The van der Waals surface area contributed by atoms with E-state index in [1.54, 1.807) is 12.1 Å². The lowest BCUT2D eigenvalue weighted by molar-refractivity contribution is -0.384. The molecule has 4 heteroatoms. The Morgan fingerprint density at radius 3 is 2.48 bits per heavy atom. The number of nitro groups is 1. The zero-order valence-electron chi connectivity index (χ0n) is 13.7. The fourth-order valence-corrected chi connectivity index (χ4v) is 3.23. The fraction of sp³-hybridized carbons (Fsp3) is 0.0476. The van der Waals surface area contributed by atoms with Crippen LogP contribution in [0.3, 0.4) is 0 Å². The average Bonchev–Trinajstić information content (AvgIpc) is 3.05. The molecule has 0 atom stereocenters. The van der Waals surface area contributed by atoms with E-state index in [0.717, 1.165) is 22.2 Å². The van der Waals surface area contributed by atoms with Gasteiger partial charge >= 0.3 is 0 Å². The maximum absolute atomic E-state index is 11.3. The fourth-order valence-electron chi connectivity index (χ4n) is 3.23. The molecular weight excluding hydrogens is 312 g/mol. The van der Waals surface area contributed by atoms with Crippen LogP contribution in [0.4, 0.5) is 5.69 Å². The normalized spacial score (nSPS) is 10.9. The Bertz CT molecular complexity index is 1100. The SMILES string of the molecule is Cc1ccccc1-n1ccc2cc(-c3ccccc3[N+](=O)[O-])ccc21. The van der Waals surface area contributed by atoms with Gasteiger partial charge in [0, 0.05) is 23.3 Å². The highest BCUT2D eigenvalue weighted by Gasteiger charge is 2.15. The number of aryl methyl sites for hydroxylation is 1. The Balaban J connectivity index is 1.87. The van der Waals surface area contributed by atoms with Crippen LogP contribution >= 0.6 is 0 Å². The van der Waals surface area contributed by atoms with E-state index in [2.05, 4.69) is 23.6 Å². The molecule has 0 aliphatic rings. The first kappa shape index (κ1) is 15.1. The lowest BCUT2D eigenvalue weighted by Gasteiger charge is -2.09. The van der Waals surface area contributed by atoms with Gasteiger partial charge < -0.3 is 4.57 Å². The van der Waals surface area contributed by atoms with E-state index < -0.39 is 0 Å². The van der Waals surface area contributed by atoms with Gasteiger partial charge in [0.2, 0.25) is 0 Å². The number of fused-ring (bicyclic) bond motifs is 1. The molecule has 4 aromatic rings. The van der Waals surface area contributed by atoms with Crippen molar-refractivity contribution < 1.29 is 4.92 Å². The third-order valence-corrected chi connectivity index (χ3v) is 4.48. The van der Waals surface area contributed by atoms with Crippen molar-refractivity contribution in [3.05, 3.63) is 94.7 Å². The Morgan fingerprint density at radius 1 is 0.920 bits per heavy atom. The van der Waals surface area contributed by atoms with Crippen LogP contribution in [0.5, 0.6) is 0 Å². The lowest BCUT2D eigenvalue weighted by atomic mass is 10.0. The van der Waals surface area contributed by atoms with Gasteiger partial charge in [0.1, 0.15) is 0 Å². The highest BCUT2D eigenvalue weighted by Crippen LogP contribution is 2.32. The van der Waals surface area contributed by atoms with Gasteiger partial charge in [-0.2, -0.15) is 0 Å². The van der Waals surface area contributed by atoms with Crippen LogP contribution in [0.15, 0.2) is 79.0 Å². The number of para-hydroxylation sites is 2. The molecule has 0 amide bonds. The Hall–Kier alpha value is -3.40. The number of nitro benzene ring substituents is 1. The van der Waals surface area contributed by atoms with E-state index in [4.69, 9.17) is 0 Å². The third kappa shape index (κ3) is 2.58. The Kier molecular flexibility index (Phi) is 3.58. The molecule has 1 heterocycles. The van der Waals surface area contributed by atoms with Crippen LogP contribution in [0.1, 0.15) is 5.56 Å². The minimum absolute atomic E-state index is 0.125. The van der Waals surface area contributed by atoms with Crippen LogP contribution < -0.4 is 0 Å². The largest absolute Gasteiger partial charge is 0.316 e. The average molecular weight is 328 g/mol. The van der Waals surface area contributed by atoms with E-state index in [1.807, 2.05) is 48.7 Å². The highest BCUT2D eigenvalue weighted by atomic mass is 16.6. The molecule has 0 saturated heterocycles. The molecule has 122 valence electrons. The first-order valence-corrected chi connectivity index (χ1v) is 8.06. The van der Waals surface area contributed by atoms with Gasteiger partial charge in [-0.05, 0) is 48.4 Å². The van der Waals surface area contributed by atoms with Crippen molar-refractivity contribution in [3.63, 3.8) is 0 Å². The van der Waals surface area contributed by atoms with Gasteiger partial charge in [-0.15, -0.1) is 0 Å². The van der Waals surface area contributed by atoms with Crippen molar-refractivity contribution in [1.82, 2.24) is 4.57 Å². The molecule has 0 fully saturated rings. The van der Waals surface area contributed by atoms with Gasteiger partial charge in [0.25, 0.3) is 5.69 Å². The second kappa shape index (κ2) is 5.91. The maximum Gasteiger partial charge on any atom is 0.277 e. The molecule has 25 heavy (non-hydrogen) atoms. The van der Waals surface area contributed by atoms with E-state index in [9.17, 15) is 10.1 Å². The molecule has 0 radical (unpaired) electrons. The van der Waals surface area contributed by atoms with E-state index >= 15 is 0 Å². The number of nitrogens with zero attached hydrogens (tertiary/aromatic N) is 2. The molecule has 0 saturated carbocycles. The molecular formula is C21H16N2O2. The highest BCUT2D eigenvalue weighted by molar-refractivity contribution is 5.88. The lowest BCUT2D eigenvalue weighted by Crippen LogP contribution is -1.95. The summed E-state index contributed by atoms with van der Waals surface area (Å²) in [6.45, 7) is 2.09. The molecule has 0 N–H and O–H groups in total. The molecule has 4 rings (SSSR count). The van der Waals surface area contributed by atoms with Gasteiger partial charge in [0.05, 0.1) is 16.0 Å². The first-order valence-electron chi connectivity index (χ1n) is 8.06. The second-order valence-corrected chi connectivity index (χ2v) is 6.02. The van der Waals surface area contributed by atoms with Crippen molar-refractivity contribution in [2.75, 3.05) is 0 Å². The molecule has 0 aliphatic carbocycles. The summed E-state index contributed by atoms with van der Waals surface area (Å²) in [6.07, 6.45) is 2.04. The van der Waals surface area contributed by atoms with E-state index in [1.165, 1.54) is 11.6 Å². The zero-order valence-corrected chi connectivity index (χ0v) is 13.7. The van der Waals surface area contributed by atoms with Gasteiger partial charge in [-0.3, -0.25) is 10.1 Å². The van der Waals surface area contributed by atoms with Crippen molar-refractivity contribution in [3.8, 4) is 16.8 Å². The van der Waals surface area contributed by atoms with Crippen LogP contribution in [0.2, 0.25) is 0 Å². The van der Waals surface area contributed by atoms with Crippen molar-refractivity contribution >= 4 is 16.6 Å². The maximum atomic E-state index is 11.3. The topological polar surface area (TPSA) is 48.1 Å². The van der Waals surface area contributed by atoms with E-state index in [0.29, 0.717) is 5.56 Å². The van der Waals surface area contributed by atoms with Crippen LogP contribution in [0.25, 0.3) is 27.7 Å². The molecule has 0 spiro atoms. The molecule has 0 unspecified atom stereocenters. The first-order chi connectivity index (χ1) is 12.1. The van der Waals surface area contributed by atoms with Crippen LogP contribution in [-0.4, -0.2) is 9.49 Å². The predicted molar refractivity (Wildman–Crippen MR) is 100 cm³/mol. The smallest absolute Gasteiger partial charge is 0.277 e. The molecule has 3 aromatic carbocycles. The van der Waals surface area contributed by atoms with Crippen molar-refractivity contribution in [2.45, 2.75) is 6.92 Å². The van der Waals surface area contributed by atoms with Crippen LogP contribution in [-0.2, 0) is 0 Å². The van der Waals surface area contributed by atoms with Gasteiger partial charge in [0.15, 0.2) is 0 Å². The molecule has 0 aliphatic heterocycles. The van der Waals surface area contributed by atoms with Gasteiger partial charge in [-0.25, -0.2) is 0 Å². The Morgan fingerprint density at radius 2 is 1.68 bits per heavy atom. The number of hydrogen-bond acceptors (Lipinski definition) is 2. The summed E-state index contributed by atoms with van der Waals surface area (Å²) in [4.78, 5) is 11.0. The van der Waals surface area contributed by atoms with Crippen LogP contribution in [0, 0.1) is 17.0 Å². The molecule has 0 bridgehead atoms. The second-order valence-electron chi connectivity index (χ2n) is 6.02. The third-order valence-electron chi connectivity index (χ3n) is 4.48. The minimum atomic E-state index is -0.335. The molecule has 1 aromatic heterocycles. The summed E-state index contributed by atoms with van der Waals surface area (Å²) in [7, 11) is 0. The van der Waals surface area contributed by atoms with Crippen molar-refractivity contribution in [2.24, 2.45) is 0 Å². The summed E-state index contributed by atoms with van der Waals surface area (Å²) in [5.41, 5.74) is 5.02. The van der Waals surface area contributed by atoms with Gasteiger partial charge in [-0.1, -0.05) is 36.4 Å². The molecule has 4 nitrogen and oxygen atoms in total. The summed E-state index contributed by atoms with van der Waals surface area (Å²) in [6, 6.07) is 23.1. The number of aromatic nitrogens is 1. The summed E-state index contributed by atoms with van der Waals surface area (Å²) in [5, 5.41) is 12.3. The quantitative estimate of drug-likeness (QED) is 0.367. The minimum Gasteiger partial charge on any atom is -0.316 e. The number of rotatable bonds is 3. The number of benzene rings is 3. The number of hydrogen-bond donors (Lipinski definition) is 0. The predicted octanol–water partition coefficient (Wildman–Crippen LogP) is 5.51. The summed E-state index contributed by atoms with van der Waals surface area (Å²) in [5.74, 6) is 0. The van der Waals surface area contributed by atoms with E-state index in [-0.39, 0.29) is 10.6 Å². The monoisotopic (exact) mass is 328 g/mol. The summed E-state index contributed by atoms with van der Waals surface area (Å²) >= 11 is 0. The van der Waals surface area contributed by atoms with Crippen molar-refractivity contribution in [1.29, 1.82) is 0 Å². The standard InChI is InChI=1S/C21H16N2O2/c1-15-6-2-4-8-19(15)22-13-12-17-14-16(10-11-20(17)22)18-7-3-5-9-21(18)23(24)25/h2-14H,1H3. The zero-order chi connectivity index (χ0) is 17.4. The Labute approximate surface area is 145 Å².